The number of nitrogens with one attached hydrogen (secondary N) is 3. The molecule has 0 atom stereocenters. The van der Waals surface area contributed by atoms with Crippen molar-refractivity contribution in [3.8, 4) is 11.5 Å². The molecule has 1 aliphatic heterocycles. The number of carbonyl (C=O) groups excluding carboxylic acids is 3. The van der Waals surface area contributed by atoms with Gasteiger partial charge in [0.05, 0.1) is 11.4 Å². The Kier molecular flexibility index (Phi) is 9.25. The van der Waals surface area contributed by atoms with E-state index < -0.39 is 17.6 Å². The van der Waals surface area contributed by atoms with Crippen LogP contribution in [0.15, 0.2) is 60.8 Å². The lowest BCUT2D eigenvalue weighted by molar-refractivity contribution is 0.0635. The first-order valence-electron chi connectivity index (χ1n) is 13.0. The van der Waals surface area contributed by atoms with Crippen molar-refractivity contribution in [1.82, 2.24) is 9.88 Å². The van der Waals surface area contributed by atoms with Crippen LogP contribution in [0.4, 0.5) is 26.7 Å². The number of fused-ring (bicyclic) bond motifs is 1. The third kappa shape index (κ3) is 8.32. The summed E-state index contributed by atoms with van der Waals surface area (Å²) in [4.78, 5) is 43.9. The monoisotopic (exact) mass is 563 g/mol. The zero-order chi connectivity index (χ0) is 29.4. The number of aromatic nitrogens is 1. The van der Waals surface area contributed by atoms with Crippen LogP contribution in [-0.2, 0) is 11.3 Å². The van der Waals surface area contributed by atoms with E-state index in [0.29, 0.717) is 47.1 Å². The molecule has 0 aliphatic carbocycles. The summed E-state index contributed by atoms with van der Waals surface area (Å²) in [7, 11) is 0. The Bertz CT molecular complexity index is 1390. The van der Waals surface area contributed by atoms with E-state index in [0.717, 1.165) is 0 Å². The van der Waals surface area contributed by atoms with Crippen LogP contribution in [0, 0.1) is 0 Å². The first-order valence-corrected chi connectivity index (χ1v) is 13.0. The van der Waals surface area contributed by atoms with E-state index in [-0.39, 0.29) is 31.7 Å². The summed E-state index contributed by atoms with van der Waals surface area (Å²) in [6.07, 6.45) is 1.26. The van der Waals surface area contributed by atoms with Gasteiger partial charge < -0.3 is 34.9 Å². The largest absolute Gasteiger partial charge is 0.454 e. The van der Waals surface area contributed by atoms with Gasteiger partial charge in [-0.2, -0.15) is 0 Å². The van der Waals surface area contributed by atoms with Crippen molar-refractivity contribution in [2.75, 3.05) is 35.9 Å². The van der Waals surface area contributed by atoms with Crippen LogP contribution in [0.3, 0.4) is 0 Å². The smallest absolute Gasteiger partial charge is 0.412 e. The van der Waals surface area contributed by atoms with Gasteiger partial charge in [0.2, 0.25) is 6.79 Å². The Balaban J connectivity index is 1.39. The number of aliphatic hydroxyl groups is 1. The number of ether oxygens (including phenoxy) is 3. The maximum atomic E-state index is 13.0. The third-order valence-corrected chi connectivity index (χ3v) is 5.74. The lowest BCUT2D eigenvalue weighted by Gasteiger charge is -2.23. The van der Waals surface area contributed by atoms with Crippen LogP contribution < -0.4 is 25.4 Å². The van der Waals surface area contributed by atoms with E-state index in [1.54, 1.807) is 75.4 Å². The van der Waals surface area contributed by atoms with Crippen LogP contribution in [0.25, 0.3) is 0 Å². The molecular formula is C29H33N5O7. The van der Waals surface area contributed by atoms with E-state index in [1.807, 2.05) is 0 Å². The van der Waals surface area contributed by atoms with E-state index in [2.05, 4.69) is 20.9 Å². The normalized spacial score (nSPS) is 11.9. The second-order valence-corrected chi connectivity index (χ2v) is 10.2. The lowest BCUT2D eigenvalue weighted by Crippen LogP contribution is -2.35. The number of urea groups is 1. The number of carbonyl (C=O) groups is 3. The molecule has 1 aromatic heterocycles. The summed E-state index contributed by atoms with van der Waals surface area (Å²) in [5.41, 5.74) is 1.46. The van der Waals surface area contributed by atoms with Gasteiger partial charge in [-0.05, 0) is 63.1 Å². The Morgan fingerprint density at radius 3 is 2.39 bits per heavy atom. The molecule has 0 spiro atoms. The molecule has 0 radical (unpaired) electrons. The lowest BCUT2D eigenvalue weighted by atomic mass is 10.2. The van der Waals surface area contributed by atoms with Crippen molar-refractivity contribution in [2.45, 2.75) is 39.3 Å². The van der Waals surface area contributed by atoms with Gasteiger partial charge in [0.1, 0.15) is 11.3 Å². The topological polar surface area (TPSA) is 151 Å². The van der Waals surface area contributed by atoms with Gasteiger partial charge in [-0.3, -0.25) is 15.1 Å². The van der Waals surface area contributed by atoms with E-state index in [4.69, 9.17) is 14.2 Å². The first-order chi connectivity index (χ1) is 19.6. The SMILES string of the molecule is CC(C)(C)OC(=O)Nc1ccccc1NC(=O)c1ccc(CN(CCCO)C(=O)Nc2ccc3c(c2)OCO3)cn1. The second-order valence-electron chi connectivity index (χ2n) is 10.2. The summed E-state index contributed by atoms with van der Waals surface area (Å²) < 4.78 is 16.0. The molecule has 216 valence electrons. The molecule has 41 heavy (non-hydrogen) atoms. The maximum Gasteiger partial charge on any atom is 0.412 e. The molecule has 0 saturated carbocycles. The number of aliphatic hydroxyl groups excluding tert-OH is 1. The van der Waals surface area contributed by atoms with Gasteiger partial charge in [0.15, 0.2) is 11.5 Å². The summed E-state index contributed by atoms with van der Waals surface area (Å²) in [6.45, 7) is 5.83. The van der Waals surface area contributed by atoms with Crippen LogP contribution in [0.1, 0.15) is 43.2 Å². The summed E-state index contributed by atoms with van der Waals surface area (Å²) in [6, 6.07) is 14.7. The minimum absolute atomic E-state index is 0.0740. The molecule has 2 heterocycles. The van der Waals surface area contributed by atoms with Crippen molar-refractivity contribution < 1.29 is 33.7 Å². The highest BCUT2D eigenvalue weighted by atomic mass is 16.7. The van der Waals surface area contributed by atoms with Crippen LogP contribution in [-0.4, -0.2) is 58.6 Å². The number of rotatable bonds is 9. The molecule has 12 nitrogen and oxygen atoms in total. The van der Waals surface area contributed by atoms with E-state index in [9.17, 15) is 19.5 Å². The number of hydrogen-bond donors (Lipinski definition) is 4. The molecule has 0 saturated heterocycles. The average Bonchev–Trinajstić information content (AvgIpc) is 3.39. The van der Waals surface area contributed by atoms with Crippen molar-refractivity contribution in [3.63, 3.8) is 0 Å². The number of nitrogens with zero attached hydrogens (tertiary/aromatic N) is 2. The summed E-state index contributed by atoms with van der Waals surface area (Å²) in [5, 5.41) is 17.5. The number of pyridine rings is 1. The fourth-order valence-corrected chi connectivity index (χ4v) is 3.86. The Morgan fingerprint density at radius 2 is 1.71 bits per heavy atom. The molecule has 4 N–H and O–H groups in total. The summed E-state index contributed by atoms with van der Waals surface area (Å²) >= 11 is 0. The molecule has 1 aliphatic rings. The zero-order valence-corrected chi connectivity index (χ0v) is 23.1. The molecule has 0 bridgehead atoms. The fraction of sp³-hybridized carbons (Fsp3) is 0.310. The minimum Gasteiger partial charge on any atom is -0.454 e. The molecule has 4 amide bonds. The molecular weight excluding hydrogens is 530 g/mol. The number of anilines is 3. The Morgan fingerprint density at radius 1 is 0.976 bits per heavy atom. The van der Waals surface area contributed by atoms with E-state index >= 15 is 0 Å². The predicted molar refractivity (Wildman–Crippen MR) is 152 cm³/mol. The first kappa shape index (κ1) is 29.2. The Labute approximate surface area is 237 Å². The third-order valence-electron chi connectivity index (χ3n) is 5.74. The summed E-state index contributed by atoms with van der Waals surface area (Å²) in [5.74, 6) is 0.678. The predicted octanol–water partition coefficient (Wildman–Crippen LogP) is 4.83. The highest BCUT2D eigenvalue weighted by Crippen LogP contribution is 2.34. The molecule has 12 heteroatoms. The number of benzene rings is 2. The van der Waals surface area contributed by atoms with Gasteiger partial charge in [-0.15, -0.1) is 0 Å². The molecule has 0 fully saturated rings. The molecule has 0 unspecified atom stereocenters. The quantitative estimate of drug-likeness (QED) is 0.289. The van der Waals surface area contributed by atoms with E-state index in [1.165, 1.54) is 11.1 Å². The zero-order valence-electron chi connectivity index (χ0n) is 23.1. The van der Waals surface area contributed by atoms with Crippen LogP contribution in [0.5, 0.6) is 11.5 Å². The van der Waals surface area contributed by atoms with Crippen molar-refractivity contribution in [1.29, 1.82) is 0 Å². The maximum absolute atomic E-state index is 13.0. The number of para-hydroxylation sites is 2. The van der Waals surface area contributed by atoms with Crippen molar-refractivity contribution in [2.24, 2.45) is 0 Å². The van der Waals surface area contributed by atoms with Gasteiger partial charge in [0.25, 0.3) is 5.91 Å². The molecule has 4 rings (SSSR count). The average molecular weight is 564 g/mol. The molecule has 2 aromatic carbocycles. The van der Waals surface area contributed by atoms with Crippen molar-refractivity contribution in [3.05, 3.63) is 72.1 Å². The van der Waals surface area contributed by atoms with Crippen molar-refractivity contribution >= 4 is 35.1 Å². The number of hydrogen-bond acceptors (Lipinski definition) is 8. The second kappa shape index (κ2) is 13.0. The van der Waals surface area contributed by atoms with Gasteiger partial charge in [-0.25, -0.2) is 9.59 Å². The fourth-order valence-electron chi connectivity index (χ4n) is 3.86. The molecule has 3 aromatic rings. The number of amides is 4. The Hall–Kier alpha value is -4.84. The van der Waals surface area contributed by atoms with Crippen LogP contribution in [0.2, 0.25) is 0 Å². The van der Waals surface area contributed by atoms with Gasteiger partial charge in [0, 0.05) is 37.6 Å². The minimum atomic E-state index is -0.672. The van der Waals surface area contributed by atoms with Gasteiger partial charge in [-0.1, -0.05) is 18.2 Å². The highest BCUT2D eigenvalue weighted by Gasteiger charge is 2.20. The standard InChI is InChI=1S/C29H33N5O7/c1-29(2,3)41-28(38)33-22-8-5-4-7-21(22)32-26(36)23-11-9-19(16-30-23)17-34(13-6-14-35)27(37)31-20-10-12-24-25(15-20)40-18-39-24/h4-5,7-12,15-16,35H,6,13-14,17-18H2,1-3H3,(H,31,37)(H,32,36)(H,33,38). The van der Waals surface area contributed by atoms with Crippen LogP contribution >= 0.6 is 0 Å². The van der Waals surface area contributed by atoms with Gasteiger partial charge >= 0.3 is 12.1 Å². The highest BCUT2D eigenvalue weighted by molar-refractivity contribution is 6.05.